The second-order valence-corrected chi connectivity index (χ2v) is 7.70. The topological polar surface area (TPSA) is 78.3 Å². The quantitative estimate of drug-likeness (QED) is 0.886. The molecule has 0 radical (unpaired) electrons. The third-order valence-electron chi connectivity index (χ3n) is 5.98. The van der Waals surface area contributed by atoms with E-state index in [9.17, 15) is 13.6 Å². The van der Waals surface area contributed by atoms with Crippen LogP contribution < -0.4 is 0 Å². The minimum Gasteiger partial charge on any atom is -0.361 e. The first-order chi connectivity index (χ1) is 12.8. The second kappa shape index (κ2) is 6.40. The Morgan fingerprint density at radius 3 is 2.78 bits per heavy atom. The van der Waals surface area contributed by atoms with Crippen molar-refractivity contribution >= 4 is 5.91 Å². The largest absolute Gasteiger partial charge is 0.361 e. The Morgan fingerprint density at radius 2 is 2.11 bits per heavy atom. The Labute approximate surface area is 155 Å². The Balaban J connectivity index is 1.52. The van der Waals surface area contributed by atoms with Gasteiger partial charge in [0.15, 0.2) is 0 Å². The Bertz CT molecular complexity index is 815. The van der Waals surface area contributed by atoms with Crippen molar-refractivity contribution in [3.8, 4) is 0 Å². The maximum Gasteiger partial charge on any atom is 0.271 e. The first-order valence-electron chi connectivity index (χ1n) is 9.12. The summed E-state index contributed by atoms with van der Waals surface area (Å²) in [5.74, 6) is -2.35. The van der Waals surface area contributed by atoms with Crippen LogP contribution in [0.15, 0.2) is 16.8 Å². The third-order valence-corrected chi connectivity index (χ3v) is 5.98. The predicted molar refractivity (Wildman–Crippen MR) is 92.4 cm³/mol. The van der Waals surface area contributed by atoms with E-state index in [2.05, 4.69) is 15.4 Å². The summed E-state index contributed by atoms with van der Waals surface area (Å²) >= 11 is 0. The van der Waals surface area contributed by atoms with Crippen molar-refractivity contribution in [2.75, 3.05) is 26.2 Å². The number of halogens is 2. The summed E-state index contributed by atoms with van der Waals surface area (Å²) in [6, 6.07) is 1.57. The van der Waals surface area contributed by atoms with Crippen LogP contribution in [0.3, 0.4) is 0 Å². The monoisotopic (exact) mass is 379 g/mol. The molecule has 2 aliphatic rings. The van der Waals surface area contributed by atoms with E-state index in [0.717, 1.165) is 17.0 Å². The van der Waals surface area contributed by atoms with Crippen molar-refractivity contribution in [2.45, 2.75) is 39.2 Å². The second-order valence-electron chi connectivity index (χ2n) is 7.70. The molecule has 2 aromatic heterocycles. The number of nitrogens with zero attached hydrogens (tertiary/aromatic N) is 4. The van der Waals surface area contributed by atoms with E-state index in [0.29, 0.717) is 25.2 Å². The molecule has 1 N–H and O–H groups in total. The van der Waals surface area contributed by atoms with Gasteiger partial charge in [0.1, 0.15) is 11.5 Å². The first-order valence-corrected chi connectivity index (χ1v) is 9.12. The highest BCUT2D eigenvalue weighted by Crippen LogP contribution is 2.50. The summed E-state index contributed by atoms with van der Waals surface area (Å²) in [5, 5.41) is 10.4. The average Bonchev–Trinajstić information content (AvgIpc) is 3.35. The number of carbonyl (C=O) groups is 1. The molecule has 4 heterocycles. The number of aromatic amines is 1. The van der Waals surface area contributed by atoms with E-state index in [1.165, 1.54) is 11.1 Å². The number of aromatic nitrogens is 3. The molecule has 1 amide bonds. The first kappa shape index (κ1) is 18.1. The summed E-state index contributed by atoms with van der Waals surface area (Å²) in [7, 11) is 0. The van der Waals surface area contributed by atoms with Crippen molar-refractivity contribution in [1.82, 2.24) is 25.2 Å². The summed E-state index contributed by atoms with van der Waals surface area (Å²) in [6.07, 6.45) is 1.53. The van der Waals surface area contributed by atoms with Crippen LogP contribution in [-0.2, 0) is 6.54 Å². The molecule has 9 heteroatoms. The Morgan fingerprint density at radius 1 is 1.30 bits per heavy atom. The minimum atomic E-state index is -2.80. The van der Waals surface area contributed by atoms with E-state index < -0.39 is 11.3 Å². The SMILES string of the molecule is Cc1noc(C)c1CN1CCC2(C1)CN(C(=O)c1ccn[nH]1)CCC2(F)F. The summed E-state index contributed by atoms with van der Waals surface area (Å²) in [5.41, 5.74) is 0.859. The zero-order valence-electron chi connectivity index (χ0n) is 15.5. The van der Waals surface area contributed by atoms with Gasteiger partial charge in [0.2, 0.25) is 0 Å². The fourth-order valence-corrected chi connectivity index (χ4v) is 4.29. The van der Waals surface area contributed by atoms with Crippen LogP contribution in [0.25, 0.3) is 0 Å². The van der Waals surface area contributed by atoms with Crippen molar-refractivity contribution in [3.05, 3.63) is 35.0 Å². The molecule has 2 saturated heterocycles. The Kier molecular flexibility index (Phi) is 4.29. The van der Waals surface area contributed by atoms with Gasteiger partial charge >= 0.3 is 0 Å². The van der Waals surface area contributed by atoms with E-state index >= 15 is 0 Å². The maximum absolute atomic E-state index is 14.9. The number of nitrogens with one attached hydrogen (secondary N) is 1. The normalized spacial score (nSPS) is 25.4. The molecule has 1 unspecified atom stereocenters. The standard InChI is InChI=1S/C18H23F2N5O2/c1-12-14(13(2)27-23-12)9-24-7-4-17(10-24)11-25(8-5-18(17,19)20)16(26)15-3-6-21-22-15/h3,6H,4-5,7-11H2,1-2H3,(H,21,22). The molecule has 2 aromatic rings. The van der Waals surface area contributed by atoms with Gasteiger partial charge in [-0.25, -0.2) is 8.78 Å². The van der Waals surface area contributed by atoms with Gasteiger partial charge in [-0.2, -0.15) is 5.10 Å². The molecule has 1 spiro atoms. The van der Waals surface area contributed by atoms with Gasteiger partial charge in [0.25, 0.3) is 11.8 Å². The summed E-state index contributed by atoms with van der Waals surface area (Å²) in [4.78, 5) is 16.2. The van der Waals surface area contributed by atoms with E-state index in [4.69, 9.17) is 4.52 Å². The van der Waals surface area contributed by atoms with Crippen LogP contribution in [0, 0.1) is 19.3 Å². The van der Waals surface area contributed by atoms with Crippen molar-refractivity contribution < 1.29 is 18.1 Å². The molecule has 2 aliphatic heterocycles. The highest BCUT2D eigenvalue weighted by molar-refractivity contribution is 5.92. The molecular formula is C18H23F2N5O2. The zero-order valence-corrected chi connectivity index (χ0v) is 15.5. The molecular weight excluding hydrogens is 356 g/mol. The molecule has 0 aromatic carbocycles. The molecule has 4 rings (SSSR count). The lowest BCUT2D eigenvalue weighted by molar-refractivity contribution is -0.155. The predicted octanol–water partition coefficient (Wildman–Crippen LogP) is 2.39. The molecule has 1 atom stereocenters. The molecule has 27 heavy (non-hydrogen) atoms. The van der Waals surface area contributed by atoms with E-state index in [-0.39, 0.29) is 32.0 Å². The number of piperidine rings is 1. The van der Waals surface area contributed by atoms with Gasteiger partial charge < -0.3 is 9.42 Å². The number of carbonyl (C=O) groups excluding carboxylic acids is 1. The van der Waals surface area contributed by atoms with Crippen LogP contribution in [0.1, 0.15) is 40.3 Å². The average molecular weight is 379 g/mol. The lowest BCUT2D eigenvalue weighted by Gasteiger charge is -2.45. The van der Waals surface area contributed by atoms with Crippen molar-refractivity contribution in [2.24, 2.45) is 5.41 Å². The van der Waals surface area contributed by atoms with E-state index in [1.807, 2.05) is 18.7 Å². The number of likely N-dealkylation sites (tertiary alicyclic amines) is 2. The Hall–Kier alpha value is -2.29. The number of H-pyrrole nitrogens is 1. The molecule has 0 bridgehead atoms. The highest BCUT2D eigenvalue weighted by Gasteiger charge is 2.59. The highest BCUT2D eigenvalue weighted by atomic mass is 19.3. The molecule has 0 aliphatic carbocycles. The fourth-order valence-electron chi connectivity index (χ4n) is 4.29. The van der Waals surface area contributed by atoms with Crippen molar-refractivity contribution in [1.29, 1.82) is 0 Å². The lowest BCUT2D eigenvalue weighted by Crippen LogP contribution is -2.58. The molecule has 7 nitrogen and oxygen atoms in total. The van der Waals surface area contributed by atoms with Crippen LogP contribution in [-0.4, -0.2) is 63.2 Å². The minimum absolute atomic E-state index is 0.0515. The van der Waals surface area contributed by atoms with Crippen LogP contribution >= 0.6 is 0 Å². The lowest BCUT2D eigenvalue weighted by atomic mass is 9.75. The molecule has 0 saturated carbocycles. The smallest absolute Gasteiger partial charge is 0.271 e. The number of aryl methyl sites for hydroxylation is 2. The number of rotatable bonds is 3. The van der Waals surface area contributed by atoms with Crippen molar-refractivity contribution in [3.63, 3.8) is 0 Å². The van der Waals surface area contributed by atoms with E-state index in [1.54, 1.807) is 6.07 Å². The summed E-state index contributed by atoms with van der Waals surface area (Å²) in [6.45, 7) is 5.14. The number of amides is 1. The zero-order chi connectivity index (χ0) is 19.2. The van der Waals surface area contributed by atoms with Gasteiger partial charge in [0.05, 0.1) is 11.1 Å². The maximum atomic E-state index is 14.9. The third kappa shape index (κ3) is 3.03. The van der Waals surface area contributed by atoms with Gasteiger partial charge in [-0.15, -0.1) is 0 Å². The summed E-state index contributed by atoms with van der Waals surface area (Å²) < 4.78 is 35.1. The number of alkyl halides is 2. The van der Waals surface area contributed by atoms with Crippen LogP contribution in [0.2, 0.25) is 0 Å². The van der Waals surface area contributed by atoms with Crippen LogP contribution in [0.5, 0.6) is 0 Å². The number of hydrogen-bond donors (Lipinski definition) is 1. The van der Waals surface area contributed by atoms with Crippen LogP contribution in [0.4, 0.5) is 8.78 Å². The van der Waals surface area contributed by atoms with Gasteiger partial charge in [0, 0.05) is 44.4 Å². The van der Waals surface area contributed by atoms with Gasteiger partial charge in [-0.3, -0.25) is 14.8 Å². The molecule has 146 valence electrons. The fraction of sp³-hybridized carbons (Fsp3) is 0.611. The van der Waals surface area contributed by atoms with Gasteiger partial charge in [-0.1, -0.05) is 5.16 Å². The molecule has 2 fully saturated rings. The number of hydrogen-bond acceptors (Lipinski definition) is 5. The van der Waals surface area contributed by atoms with Gasteiger partial charge in [-0.05, 0) is 32.9 Å².